The molecule has 2 bridgehead atoms. The first-order chi connectivity index (χ1) is 33.1. The minimum Gasteiger partial charge on any atom is -0.505 e. The van der Waals surface area contributed by atoms with Crippen LogP contribution in [-0.4, -0.2) is 137 Å². The number of hydrogen-bond acceptors (Lipinski definition) is 17. The zero-order chi connectivity index (χ0) is 50.8. The Kier molecular flexibility index (Phi) is 14.8. The number of carboxylic acid groups (broad SMARTS) is 1. The van der Waals surface area contributed by atoms with E-state index in [1.165, 1.54) is 14.2 Å². The number of benzene rings is 1. The molecular formula is C52H70O18. The molecule has 2 saturated heterocycles. The Morgan fingerprint density at radius 2 is 1.63 bits per heavy atom. The van der Waals surface area contributed by atoms with E-state index in [-0.39, 0.29) is 36.1 Å². The van der Waals surface area contributed by atoms with Gasteiger partial charge in [0, 0.05) is 36.9 Å². The van der Waals surface area contributed by atoms with Gasteiger partial charge in [-0.1, -0.05) is 56.5 Å². The molecule has 18 nitrogen and oxygen atoms in total. The van der Waals surface area contributed by atoms with Crippen molar-refractivity contribution in [3.8, 4) is 5.75 Å². The molecule has 4 heterocycles. The molecule has 70 heavy (non-hydrogen) atoms. The maximum atomic E-state index is 15.1. The summed E-state index contributed by atoms with van der Waals surface area (Å²) in [6.45, 7) is 12.4. The van der Waals surface area contributed by atoms with Crippen molar-refractivity contribution in [2.45, 2.75) is 179 Å². The summed E-state index contributed by atoms with van der Waals surface area (Å²) in [6.07, 6.45) is -5.78. The first kappa shape index (κ1) is 51.9. The van der Waals surface area contributed by atoms with Gasteiger partial charge in [0.2, 0.25) is 0 Å². The second-order valence-electron chi connectivity index (χ2n) is 20.9. The van der Waals surface area contributed by atoms with Crippen molar-refractivity contribution in [3.05, 3.63) is 64.1 Å². The first-order valence-electron chi connectivity index (χ1n) is 24.7. The molecule has 0 aromatic heterocycles. The lowest BCUT2D eigenvalue weighted by atomic mass is 9.52. The fourth-order valence-electron chi connectivity index (χ4n) is 13.0. The molecule has 7 aliphatic rings. The summed E-state index contributed by atoms with van der Waals surface area (Å²) in [7, 11) is 2.89. The molecule has 1 aromatic carbocycles. The van der Waals surface area contributed by atoms with Crippen LogP contribution in [0.25, 0.3) is 0 Å². The third-order valence-corrected chi connectivity index (χ3v) is 16.9. The van der Waals surface area contributed by atoms with Crippen LogP contribution in [-0.2, 0) is 52.3 Å². The summed E-state index contributed by atoms with van der Waals surface area (Å²) < 4.78 is 54.8. The second kappa shape index (κ2) is 19.9. The van der Waals surface area contributed by atoms with E-state index in [0.29, 0.717) is 44.1 Å². The number of hydrogen-bond donors (Lipinski definition) is 5. The monoisotopic (exact) mass is 982 g/mol. The third kappa shape index (κ3) is 8.77. The Morgan fingerprint density at radius 3 is 2.30 bits per heavy atom. The molecular weight excluding hydrogens is 913 g/mol. The maximum absolute atomic E-state index is 15.1. The normalized spacial score (nSPS) is 42.0. The number of carbonyl (C=O) groups is 4. The van der Waals surface area contributed by atoms with Crippen LogP contribution in [0.1, 0.15) is 115 Å². The van der Waals surface area contributed by atoms with Crippen LogP contribution in [0.2, 0.25) is 0 Å². The molecule has 4 aliphatic heterocycles. The molecule has 0 amide bonds. The summed E-state index contributed by atoms with van der Waals surface area (Å²) in [5.74, 6) is -6.71. The Bertz CT molecular complexity index is 2280. The van der Waals surface area contributed by atoms with Crippen LogP contribution < -0.4 is 4.74 Å². The van der Waals surface area contributed by atoms with Crippen molar-refractivity contribution in [2.24, 2.45) is 34.5 Å². The lowest BCUT2D eigenvalue weighted by molar-refractivity contribution is -0.349. The van der Waals surface area contributed by atoms with E-state index in [4.69, 9.17) is 42.6 Å². The Balaban J connectivity index is 1.10. The number of allylic oxidation sites excluding steroid dienone is 1. The van der Waals surface area contributed by atoms with Gasteiger partial charge in [-0.2, -0.15) is 0 Å². The molecule has 5 N–H and O–H groups in total. The predicted octanol–water partition coefficient (Wildman–Crippen LogP) is 5.52. The van der Waals surface area contributed by atoms with Gasteiger partial charge >= 0.3 is 23.9 Å². The number of fused-ring (bicyclic) bond motifs is 3. The average molecular weight is 983 g/mol. The molecule has 1 saturated carbocycles. The van der Waals surface area contributed by atoms with Crippen LogP contribution in [0.3, 0.4) is 0 Å². The summed E-state index contributed by atoms with van der Waals surface area (Å²) in [4.78, 5) is 55.4. The van der Waals surface area contributed by atoms with Gasteiger partial charge < -0.3 is 68.2 Å². The number of aliphatic hydroxyl groups excluding tert-OH is 4. The van der Waals surface area contributed by atoms with Gasteiger partial charge in [0.25, 0.3) is 5.76 Å². The average Bonchev–Trinajstić information content (AvgIpc) is 3.54. The van der Waals surface area contributed by atoms with Crippen molar-refractivity contribution < 1.29 is 87.3 Å². The Hall–Kier alpha value is -4.40. The first-order valence-corrected chi connectivity index (χ1v) is 24.7. The van der Waals surface area contributed by atoms with E-state index in [0.717, 1.165) is 5.57 Å². The third-order valence-electron chi connectivity index (χ3n) is 16.9. The fraction of sp³-hybridized carbons (Fsp3) is 0.692. The lowest BCUT2D eigenvalue weighted by Crippen LogP contribution is -2.63. The number of aliphatic carboxylic acids is 1. The predicted molar refractivity (Wildman–Crippen MR) is 246 cm³/mol. The quantitative estimate of drug-likeness (QED) is 0.110. The molecule has 18 atom stereocenters. The molecule has 386 valence electrons. The number of carboxylic acids is 1. The van der Waals surface area contributed by atoms with Crippen molar-refractivity contribution in [1.29, 1.82) is 0 Å². The number of carbonyl (C=O) groups excluding carboxylic acids is 3. The molecule has 3 aliphatic carbocycles. The van der Waals surface area contributed by atoms with E-state index in [1.807, 2.05) is 19.9 Å². The van der Waals surface area contributed by atoms with Gasteiger partial charge in [-0.3, -0.25) is 4.79 Å². The minimum atomic E-state index is -1.67. The van der Waals surface area contributed by atoms with Crippen molar-refractivity contribution in [2.75, 3.05) is 14.2 Å². The van der Waals surface area contributed by atoms with E-state index < -0.39 is 143 Å². The van der Waals surface area contributed by atoms with Crippen LogP contribution in [0.5, 0.6) is 5.75 Å². The second-order valence-corrected chi connectivity index (χ2v) is 20.9. The highest BCUT2D eigenvalue weighted by Gasteiger charge is 2.65. The van der Waals surface area contributed by atoms with Gasteiger partial charge in [-0.25, -0.2) is 14.4 Å². The smallest absolute Gasteiger partial charge is 0.379 e. The number of rotatable bonds is 10. The summed E-state index contributed by atoms with van der Waals surface area (Å²) in [5, 5.41) is 57.4. The van der Waals surface area contributed by atoms with Gasteiger partial charge in [0.1, 0.15) is 29.6 Å². The Morgan fingerprint density at radius 1 is 0.900 bits per heavy atom. The highest BCUT2D eigenvalue weighted by Crippen LogP contribution is 2.60. The van der Waals surface area contributed by atoms with E-state index in [1.54, 1.807) is 58.9 Å². The minimum absolute atomic E-state index is 0.00658. The molecule has 18 unspecified atom stereocenters. The summed E-state index contributed by atoms with van der Waals surface area (Å²) in [5.41, 5.74) is -2.39. The van der Waals surface area contributed by atoms with Crippen LogP contribution in [0.15, 0.2) is 53.0 Å². The lowest BCUT2D eigenvalue weighted by Gasteiger charge is -2.54. The van der Waals surface area contributed by atoms with Gasteiger partial charge in [-0.05, 0) is 96.1 Å². The van der Waals surface area contributed by atoms with E-state index >= 15 is 4.79 Å². The van der Waals surface area contributed by atoms with Gasteiger partial charge in [-0.15, -0.1) is 0 Å². The Labute approximate surface area is 408 Å². The molecule has 1 aromatic rings. The highest BCUT2D eigenvalue weighted by atomic mass is 16.7. The number of methoxy groups -OCH3 is 2. The van der Waals surface area contributed by atoms with Crippen molar-refractivity contribution >= 4 is 23.9 Å². The highest BCUT2D eigenvalue weighted by molar-refractivity contribution is 5.95. The topological polar surface area (TPSA) is 252 Å². The number of aliphatic hydroxyl groups is 4. The zero-order valence-corrected chi connectivity index (χ0v) is 41.5. The van der Waals surface area contributed by atoms with Crippen molar-refractivity contribution in [1.82, 2.24) is 0 Å². The molecule has 0 radical (unpaired) electrons. The SMILES string of the molecule is CCC1CC23OC(=O)C(=C2O)OC(=O)C2(C)C(CCCCC3(C)C=C1C(=O)O)C(C)=CC1C(OC3OC(C)C(OC(=O)c4c(C)cccc4OC)C(OC4CC(O)C(OC)C(C)O4)C3O)C(O)CCC12. The van der Waals surface area contributed by atoms with Crippen LogP contribution >= 0.6 is 0 Å². The molecule has 18 heteroatoms. The summed E-state index contributed by atoms with van der Waals surface area (Å²) in [6, 6.07) is 5.09. The standard InChI is InChI=1S/C52H70O18/c1-10-28-22-52-44(56)43(47(60)70-52)69-49(61)51(7)31(15-11-12-19-50(52,6)23-30(28)45(57)58)25(3)20-29-32(51)17-18-33(53)41(29)68-48-38(55)42(66-36-21-34(54)39(63-9)26(4)64-36)40(27(5)65-48)67-46(59)37-24(2)14-13-16-35(37)62-8/h13-14,16,20,23,26-29,31-34,36,38-42,48,53-56H,10-12,15,17-19,21-22H2,1-9H3,(H,57,58). The number of esters is 3. The van der Waals surface area contributed by atoms with Crippen LogP contribution in [0.4, 0.5) is 0 Å². The van der Waals surface area contributed by atoms with Crippen molar-refractivity contribution in [3.63, 3.8) is 0 Å². The fourth-order valence-corrected chi connectivity index (χ4v) is 13.0. The molecule has 8 rings (SSSR count). The summed E-state index contributed by atoms with van der Waals surface area (Å²) >= 11 is 0. The van der Waals surface area contributed by atoms with Gasteiger partial charge in [0.05, 0.1) is 43.0 Å². The zero-order valence-electron chi connectivity index (χ0n) is 41.5. The van der Waals surface area contributed by atoms with E-state index in [2.05, 4.69) is 0 Å². The van der Waals surface area contributed by atoms with Crippen LogP contribution in [0, 0.1) is 41.4 Å². The number of aryl methyl sites for hydroxylation is 1. The molecule has 1 spiro atoms. The van der Waals surface area contributed by atoms with Gasteiger partial charge in [0.15, 0.2) is 30.0 Å². The maximum Gasteiger partial charge on any atom is 0.379 e. The largest absolute Gasteiger partial charge is 0.505 e. The molecule has 3 fully saturated rings. The van der Waals surface area contributed by atoms with E-state index in [9.17, 15) is 39.9 Å². The number of ether oxygens (including phenoxy) is 9.